The molecule has 1 N–H and O–H groups in total. The molecule has 1 atom stereocenters. The van der Waals surface area contributed by atoms with Crippen molar-refractivity contribution in [1.29, 1.82) is 0 Å². The summed E-state index contributed by atoms with van der Waals surface area (Å²) in [5.41, 5.74) is 1.07. The van der Waals surface area contributed by atoms with Crippen molar-refractivity contribution in [2.24, 2.45) is 0 Å². The molecule has 2 heteroatoms. The van der Waals surface area contributed by atoms with Crippen LogP contribution in [0.3, 0.4) is 0 Å². The zero-order chi connectivity index (χ0) is 10.8. The first-order chi connectivity index (χ1) is 7.93. The molecule has 0 fully saturated rings. The number of benzene rings is 1. The van der Waals surface area contributed by atoms with Crippen LogP contribution in [0.5, 0.6) is 5.75 Å². The van der Waals surface area contributed by atoms with E-state index in [4.69, 9.17) is 4.74 Å². The third-order valence-electron chi connectivity index (χ3n) is 2.77. The summed E-state index contributed by atoms with van der Waals surface area (Å²) in [5, 5.41) is 1.19. The maximum atomic E-state index is 5.96. The monoisotopic (exact) mass is 211 g/mol. The fraction of sp³-hybridized carbons (Fsp3) is 0.143. The summed E-state index contributed by atoms with van der Waals surface area (Å²) >= 11 is 0. The Morgan fingerprint density at radius 2 is 2.19 bits per heavy atom. The van der Waals surface area contributed by atoms with Gasteiger partial charge in [-0.15, -0.1) is 0 Å². The van der Waals surface area contributed by atoms with Gasteiger partial charge in [-0.2, -0.15) is 0 Å². The van der Waals surface area contributed by atoms with Gasteiger partial charge in [0.1, 0.15) is 11.9 Å². The molecule has 1 aromatic heterocycles. The topological polar surface area (TPSA) is 25.0 Å². The van der Waals surface area contributed by atoms with Crippen molar-refractivity contribution in [3.63, 3.8) is 0 Å². The van der Waals surface area contributed by atoms with Crippen LogP contribution >= 0.6 is 0 Å². The van der Waals surface area contributed by atoms with E-state index in [1.165, 1.54) is 5.39 Å². The number of H-pyrrole nitrogens is 1. The lowest BCUT2D eigenvalue weighted by Gasteiger charge is -2.16. The first kappa shape index (κ1) is 9.28. The molecule has 0 bridgehead atoms. The molecule has 1 heterocycles. The molecule has 0 spiro atoms. The molecule has 1 aliphatic carbocycles. The van der Waals surface area contributed by atoms with E-state index in [2.05, 4.69) is 35.3 Å². The van der Waals surface area contributed by atoms with Crippen LogP contribution in [0.4, 0.5) is 0 Å². The van der Waals surface area contributed by atoms with Crippen LogP contribution in [-0.4, -0.2) is 11.1 Å². The lowest BCUT2D eigenvalue weighted by atomic mass is 10.1. The van der Waals surface area contributed by atoms with Gasteiger partial charge < -0.3 is 9.72 Å². The van der Waals surface area contributed by atoms with Crippen molar-refractivity contribution in [3.05, 3.63) is 54.8 Å². The Kier molecular flexibility index (Phi) is 2.26. The number of nitrogens with one attached hydrogen (secondary N) is 1. The third kappa shape index (κ3) is 1.63. The van der Waals surface area contributed by atoms with E-state index in [9.17, 15) is 0 Å². The number of aromatic nitrogens is 1. The molecule has 0 saturated carbocycles. The van der Waals surface area contributed by atoms with Crippen LogP contribution < -0.4 is 4.74 Å². The zero-order valence-corrected chi connectivity index (χ0v) is 8.89. The highest BCUT2D eigenvalue weighted by molar-refractivity contribution is 5.85. The lowest BCUT2D eigenvalue weighted by molar-refractivity contribution is 0.254. The van der Waals surface area contributed by atoms with Crippen LogP contribution in [-0.2, 0) is 0 Å². The molecule has 0 saturated heterocycles. The number of aromatic amines is 1. The number of hydrogen-bond donors (Lipinski definition) is 1. The molecular formula is C14H13NO. The summed E-state index contributed by atoms with van der Waals surface area (Å²) in [6, 6.07) is 8.16. The predicted molar refractivity (Wildman–Crippen MR) is 65.6 cm³/mol. The van der Waals surface area contributed by atoms with Gasteiger partial charge in [-0.1, -0.05) is 30.4 Å². The van der Waals surface area contributed by atoms with Crippen LogP contribution in [0, 0.1) is 0 Å². The van der Waals surface area contributed by atoms with Crippen molar-refractivity contribution in [1.82, 2.24) is 4.98 Å². The van der Waals surface area contributed by atoms with Crippen LogP contribution in [0.25, 0.3) is 10.9 Å². The summed E-state index contributed by atoms with van der Waals surface area (Å²) in [4.78, 5) is 3.21. The highest BCUT2D eigenvalue weighted by Crippen LogP contribution is 2.25. The highest BCUT2D eigenvalue weighted by Gasteiger charge is 2.09. The van der Waals surface area contributed by atoms with Gasteiger partial charge in [-0.05, 0) is 18.2 Å². The van der Waals surface area contributed by atoms with Gasteiger partial charge in [0.15, 0.2) is 0 Å². The van der Waals surface area contributed by atoms with Crippen LogP contribution in [0.1, 0.15) is 6.42 Å². The summed E-state index contributed by atoms with van der Waals surface area (Å²) < 4.78 is 5.96. The Balaban J connectivity index is 1.91. The minimum Gasteiger partial charge on any atom is -0.484 e. The van der Waals surface area contributed by atoms with Crippen molar-refractivity contribution in [3.8, 4) is 5.75 Å². The molecule has 1 aliphatic rings. The van der Waals surface area contributed by atoms with Crippen molar-refractivity contribution < 1.29 is 4.74 Å². The SMILES string of the molecule is C1=CC[C@H](Oc2cccc3cc[nH]c23)C=C1. The number of para-hydroxylation sites is 1. The Labute approximate surface area is 94.2 Å². The molecule has 0 amide bonds. The zero-order valence-electron chi connectivity index (χ0n) is 8.89. The number of hydrogen-bond acceptors (Lipinski definition) is 1. The van der Waals surface area contributed by atoms with E-state index in [-0.39, 0.29) is 6.10 Å². The van der Waals surface area contributed by atoms with Gasteiger partial charge in [-0.25, -0.2) is 0 Å². The van der Waals surface area contributed by atoms with Crippen LogP contribution in [0.2, 0.25) is 0 Å². The number of ether oxygens (including phenoxy) is 1. The predicted octanol–water partition coefficient (Wildman–Crippen LogP) is 3.43. The molecule has 0 radical (unpaired) electrons. The number of allylic oxidation sites excluding steroid dienone is 2. The van der Waals surface area contributed by atoms with E-state index in [1.54, 1.807) is 0 Å². The van der Waals surface area contributed by atoms with Crippen LogP contribution in [0.15, 0.2) is 54.8 Å². The Hall–Kier alpha value is -1.96. The van der Waals surface area contributed by atoms with Gasteiger partial charge in [0.25, 0.3) is 0 Å². The quantitative estimate of drug-likeness (QED) is 0.808. The molecule has 2 aromatic rings. The Bertz CT molecular complexity index is 551. The lowest BCUT2D eigenvalue weighted by Crippen LogP contribution is -2.13. The van der Waals surface area contributed by atoms with Gasteiger partial charge in [0.2, 0.25) is 0 Å². The molecule has 80 valence electrons. The van der Waals surface area contributed by atoms with E-state index in [1.807, 2.05) is 24.4 Å². The minimum atomic E-state index is 0.152. The maximum absolute atomic E-state index is 5.96. The molecule has 1 aromatic carbocycles. The molecule has 0 unspecified atom stereocenters. The normalized spacial score (nSPS) is 19.1. The van der Waals surface area contributed by atoms with E-state index in [0.717, 1.165) is 17.7 Å². The average Bonchev–Trinajstić information content (AvgIpc) is 2.80. The number of rotatable bonds is 2. The Morgan fingerprint density at radius 1 is 1.19 bits per heavy atom. The third-order valence-corrected chi connectivity index (χ3v) is 2.77. The van der Waals surface area contributed by atoms with E-state index in [0.29, 0.717) is 0 Å². The van der Waals surface area contributed by atoms with Crippen molar-refractivity contribution in [2.75, 3.05) is 0 Å². The molecule has 0 aliphatic heterocycles. The minimum absolute atomic E-state index is 0.152. The second-order valence-electron chi connectivity index (χ2n) is 3.90. The van der Waals surface area contributed by atoms with Crippen molar-refractivity contribution >= 4 is 10.9 Å². The summed E-state index contributed by atoms with van der Waals surface area (Å²) in [7, 11) is 0. The second kappa shape index (κ2) is 3.89. The fourth-order valence-corrected chi connectivity index (χ4v) is 1.96. The number of fused-ring (bicyclic) bond motifs is 1. The van der Waals surface area contributed by atoms with Gasteiger partial charge in [-0.3, -0.25) is 0 Å². The molecular weight excluding hydrogens is 198 g/mol. The van der Waals surface area contributed by atoms with E-state index >= 15 is 0 Å². The van der Waals surface area contributed by atoms with E-state index < -0.39 is 0 Å². The summed E-state index contributed by atoms with van der Waals surface area (Å²) in [6.07, 6.45) is 11.3. The standard InChI is InChI=1S/C14H13NO/c1-2-6-12(7-3-1)16-13-8-4-5-11-9-10-15-14(11)13/h1-6,8-10,12,15H,7H2/t12-/m1/s1. The molecule has 2 nitrogen and oxygen atoms in total. The smallest absolute Gasteiger partial charge is 0.144 e. The Morgan fingerprint density at radius 3 is 3.06 bits per heavy atom. The summed E-state index contributed by atoms with van der Waals surface area (Å²) in [6.45, 7) is 0. The second-order valence-corrected chi connectivity index (χ2v) is 3.90. The summed E-state index contributed by atoms with van der Waals surface area (Å²) in [5.74, 6) is 0.924. The maximum Gasteiger partial charge on any atom is 0.144 e. The largest absolute Gasteiger partial charge is 0.484 e. The van der Waals surface area contributed by atoms with Gasteiger partial charge in [0.05, 0.1) is 5.52 Å². The van der Waals surface area contributed by atoms with Gasteiger partial charge in [0, 0.05) is 18.0 Å². The molecule has 16 heavy (non-hydrogen) atoms. The molecule has 3 rings (SSSR count). The first-order valence-electron chi connectivity index (χ1n) is 5.49. The van der Waals surface area contributed by atoms with Gasteiger partial charge >= 0.3 is 0 Å². The highest BCUT2D eigenvalue weighted by atomic mass is 16.5. The first-order valence-corrected chi connectivity index (χ1v) is 5.49. The fourth-order valence-electron chi connectivity index (χ4n) is 1.96. The average molecular weight is 211 g/mol. The van der Waals surface area contributed by atoms with Crippen molar-refractivity contribution in [2.45, 2.75) is 12.5 Å².